The van der Waals surface area contributed by atoms with Crippen molar-refractivity contribution in [1.29, 1.82) is 5.26 Å². The van der Waals surface area contributed by atoms with Gasteiger partial charge >= 0.3 is 0 Å². The highest BCUT2D eigenvalue weighted by molar-refractivity contribution is 5.73. The summed E-state index contributed by atoms with van der Waals surface area (Å²) >= 11 is 0. The van der Waals surface area contributed by atoms with Gasteiger partial charge in [0.1, 0.15) is 5.54 Å². The number of rotatable bonds is 6. The molecule has 38 heavy (non-hydrogen) atoms. The third kappa shape index (κ3) is 4.15. The predicted octanol–water partition coefficient (Wildman–Crippen LogP) is 7.44. The lowest BCUT2D eigenvalue weighted by atomic mass is 9.76. The van der Waals surface area contributed by atoms with Gasteiger partial charge in [-0.3, -0.25) is 0 Å². The first kappa shape index (κ1) is 23.7. The molecule has 0 amide bonds. The Kier molecular flexibility index (Phi) is 6.46. The molecule has 1 aromatic heterocycles. The van der Waals surface area contributed by atoms with Gasteiger partial charge in [-0.1, -0.05) is 115 Å². The van der Waals surface area contributed by atoms with Crippen LogP contribution in [-0.2, 0) is 18.4 Å². The molecule has 1 unspecified atom stereocenters. The van der Waals surface area contributed by atoms with Crippen LogP contribution in [0, 0.1) is 17.2 Å². The summed E-state index contributed by atoms with van der Waals surface area (Å²) in [6.07, 6.45) is 8.75. The van der Waals surface area contributed by atoms with Gasteiger partial charge in [-0.2, -0.15) is 5.26 Å². The van der Waals surface area contributed by atoms with Crippen LogP contribution in [0.5, 0.6) is 0 Å². The third-order valence-electron chi connectivity index (χ3n) is 7.80. The van der Waals surface area contributed by atoms with Crippen molar-refractivity contribution < 1.29 is 0 Å². The normalized spacial score (nSPS) is 16.1. The van der Waals surface area contributed by atoms with Gasteiger partial charge in [0, 0.05) is 12.3 Å². The number of fused-ring (bicyclic) bond motifs is 1. The molecule has 0 N–H and O–H groups in total. The Morgan fingerprint density at radius 1 is 0.789 bits per heavy atom. The van der Waals surface area contributed by atoms with Gasteiger partial charge in [-0.15, -0.1) is 0 Å². The topological polar surface area (TPSA) is 41.6 Å². The molecule has 3 nitrogen and oxygen atoms in total. The molecule has 0 fully saturated rings. The summed E-state index contributed by atoms with van der Waals surface area (Å²) in [5.41, 5.74) is 7.66. The Bertz CT molecular complexity index is 1490. The number of aromatic nitrogens is 2. The molecule has 0 radical (unpaired) electrons. The standard InChI is InChI=1S/C35H29N3/c36-23-22-34-28(21-20-27-12-10-11-19-33(27)34)24-32-25-38(26-37-32)35(29-13-4-1-5-14-29,30-15-6-2-7-16-30)31-17-8-3-9-18-31/h1-19,22,25-26,28H,20-21,24H2. The highest BCUT2D eigenvalue weighted by atomic mass is 15.1. The molecule has 5 aromatic rings. The van der Waals surface area contributed by atoms with Gasteiger partial charge in [0.25, 0.3) is 0 Å². The van der Waals surface area contributed by atoms with Crippen LogP contribution in [-0.4, -0.2) is 9.55 Å². The molecule has 0 bridgehead atoms. The van der Waals surface area contributed by atoms with Gasteiger partial charge in [0.15, 0.2) is 0 Å². The first-order valence-corrected chi connectivity index (χ1v) is 13.2. The van der Waals surface area contributed by atoms with E-state index in [0.29, 0.717) is 0 Å². The van der Waals surface area contributed by atoms with Crippen molar-refractivity contribution in [2.24, 2.45) is 5.92 Å². The Morgan fingerprint density at radius 2 is 1.34 bits per heavy atom. The second kappa shape index (κ2) is 10.4. The van der Waals surface area contributed by atoms with Crippen molar-refractivity contribution in [3.63, 3.8) is 0 Å². The maximum atomic E-state index is 9.57. The number of benzene rings is 4. The first-order chi connectivity index (χ1) is 18.8. The molecule has 4 aromatic carbocycles. The zero-order valence-corrected chi connectivity index (χ0v) is 21.2. The molecule has 1 heterocycles. The Hall–Kier alpha value is -4.68. The predicted molar refractivity (Wildman–Crippen MR) is 152 cm³/mol. The van der Waals surface area contributed by atoms with E-state index < -0.39 is 5.54 Å². The van der Waals surface area contributed by atoms with Crippen LogP contribution in [0.15, 0.2) is 134 Å². The fraction of sp³-hybridized carbons (Fsp3) is 0.143. The molecule has 184 valence electrons. The average molecular weight is 492 g/mol. The molecular weight excluding hydrogens is 462 g/mol. The van der Waals surface area contributed by atoms with E-state index in [0.717, 1.165) is 30.5 Å². The maximum Gasteiger partial charge on any atom is 0.121 e. The Balaban J connectivity index is 1.46. The largest absolute Gasteiger partial charge is 0.319 e. The minimum Gasteiger partial charge on any atom is -0.319 e. The van der Waals surface area contributed by atoms with E-state index >= 15 is 0 Å². The highest BCUT2D eigenvalue weighted by Crippen LogP contribution is 2.42. The lowest BCUT2D eigenvalue weighted by Crippen LogP contribution is -2.37. The Morgan fingerprint density at radius 3 is 1.92 bits per heavy atom. The van der Waals surface area contributed by atoms with Crippen molar-refractivity contribution in [3.8, 4) is 6.07 Å². The molecule has 1 aliphatic rings. The SMILES string of the molecule is N#CC=C1c2ccccc2CCC1Cc1cn(C(c2ccccc2)(c2ccccc2)c2ccccc2)cn1. The van der Waals surface area contributed by atoms with E-state index in [-0.39, 0.29) is 5.92 Å². The quantitative estimate of drug-likeness (QED) is 0.183. The second-order valence-electron chi connectivity index (χ2n) is 9.91. The summed E-state index contributed by atoms with van der Waals surface area (Å²) < 4.78 is 2.27. The minimum absolute atomic E-state index is 0.257. The van der Waals surface area contributed by atoms with E-state index in [1.807, 2.05) is 6.33 Å². The molecule has 1 atom stereocenters. The molecule has 0 saturated carbocycles. The summed E-state index contributed by atoms with van der Waals surface area (Å²) in [5.74, 6) is 0.257. The zero-order chi connectivity index (χ0) is 25.8. The van der Waals surface area contributed by atoms with Gasteiger partial charge in [-0.25, -0.2) is 4.98 Å². The number of hydrogen-bond acceptors (Lipinski definition) is 2. The fourth-order valence-electron chi connectivity index (χ4n) is 6.09. The van der Waals surface area contributed by atoms with E-state index in [4.69, 9.17) is 4.98 Å². The van der Waals surface area contributed by atoms with Crippen LogP contribution in [0.25, 0.3) is 5.57 Å². The molecule has 0 spiro atoms. The number of nitriles is 1. The second-order valence-corrected chi connectivity index (χ2v) is 9.91. The van der Waals surface area contributed by atoms with Crippen LogP contribution >= 0.6 is 0 Å². The van der Waals surface area contributed by atoms with E-state index in [2.05, 4.69) is 132 Å². The minimum atomic E-state index is -0.570. The Labute approximate surface area is 224 Å². The van der Waals surface area contributed by atoms with Crippen LogP contribution in [0.2, 0.25) is 0 Å². The zero-order valence-electron chi connectivity index (χ0n) is 21.2. The number of nitrogens with zero attached hydrogens (tertiary/aromatic N) is 3. The van der Waals surface area contributed by atoms with Crippen molar-refractivity contribution in [3.05, 3.63) is 167 Å². The molecule has 1 aliphatic carbocycles. The molecule has 6 rings (SSSR count). The lowest BCUT2D eigenvalue weighted by molar-refractivity contribution is 0.513. The van der Waals surface area contributed by atoms with Crippen LogP contribution in [0.3, 0.4) is 0 Å². The van der Waals surface area contributed by atoms with Crippen molar-refractivity contribution in [2.75, 3.05) is 0 Å². The molecule has 3 heteroatoms. The molecular formula is C35H29N3. The number of imidazole rings is 1. The number of allylic oxidation sites excluding steroid dienone is 2. The van der Waals surface area contributed by atoms with Crippen molar-refractivity contribution in [1.82, 2.24) is 9.55 Å². The molecule has 0 aliphatic heterocycles. The van der Waals surface area contributed by atoms with Crippen molar-refractivity contribution in [2.45, 2.75) is 24.8 Å². The van der Waals surface area contributed by atoms with Gasteiger partial charge < -0.3 is 4.57 Å². The van der Waals surface area contributed by atoms with Crippen LogP contribution < -0.4 is 0 Å². The fourth-order valence-corrected chi connectivity index (χ4v) is 6.09. The summed E-state index contributed by atoms with van der Waals surface area (Å²) in [5, 5.41) is 9.57. The summed E-state index contributed by atoms with van der Waals surface area (Å²) in [7, 11) is 0. The average Bonchev–Trinajstić information content (AvgIpc) is 3.45. The van der Waals surface area contributed by atoms with Gasteiger partial charge in [0.05, 0.1) is 18.1 Å². The maximum absolute atomic E-state index is 9.57. The van der Waals surface area contributed by atoms with E-state index in [1.165, 1.54) is 27.8 Å². The smallest absolute Gasteiger partial charge is 0.121 e. The van der Waals surface area contributed by atoms with Crippen molar-refractivity contribution >= 4 is 5.57 Å². The highest BCUT2D eigenvalue weighted by Gasteiger charge is 2.38. The number of aryl methyl sites for hydroxylation is 1. The third-order valence-corrected chi connectivity index (χ3v) is 7.80. The summed E-state index contributed by atoms with van der Waals surface area (Å²) in [6, 6.07) is 42.8. The summed E-state index contributed by atoms with van der Waals surface area (Å²) in [6.45, 7) is 0. The van der Waals surface area contributed by atoms with Crippen LogP contribution in [0.1, 0.15) is 39.9 Å². The van der Waals surface area contributed by atoms with E-state index in [9.17, 15) is 5.26 Å². The lowest BCUT2D eigenvalue weighted by Gasteiger charge is -2.37. The van der Waals surface area contributed by atoms with Gasteiger partial charge in [0.2, 0.25) is 0 Å². The summed E-state index contributed by atoms with van der Waals surface area (Å²) in [4.78, 5) is 4.96. The first-order valence-electron chi connectivity index (χ1n) is 13.2. The monoisotopic (exact) mass is 491 g/mol. The van der Waals surface area contributed by atoms with Crippen LogP contribution in [0.4, 0.5) is 0 Å². The molecule has 0 saturated heterocycles. The van der Waals surface area contributed by atoms with E-state index in [1.54, 1.807) is 6.08 Å². The number of hydrogen-bond donors (Lipinski definition) is 0. The van der Waals surface area contributed by atoms with Gasteiger partial charge in [-0.05, 0) is 58.6 Å².